The summed E-state index contributed by atoms with van der Waals surface area (Å²) >= 11 is 15.5. The molecule has 2 aromatic rings. The molecule has 0 amide bonds. The van der Waals surface area contributed by atoms with Gasteiger partial charge < -0.3 is 10.6 Å². The summed E-state index contributed by atoms with van der Waals surface area (Å²) in [4.78, 5) is 2.10. The molecule has 1 aromatic carbocycles. The average molecular weight is 392 g/mol. The second-order valence-electron chi connectivity index (χ2n) is 5.06. The maximum absolute atomic E-state index is 6.38. The first-order chi connectivity index (χ1) is 9.90. The summed E-state index contributed by atoms with van der Waals surface area (Å²) in [5.74, 6) is 0. The molecule has 0 radical (unpaired) electrons. The molecular formula is C14H17BrCl2N4. The number of halogens is 3. The Balaban J connectivity index is 2.31. The second kappa shape index (κ2) is 7.11. The van der Waals surface area contributed by atoms with E-state index in [1.54, 1.807) is 18.3 Å². The summed E-state index contributed by atoms with van der Waals surface area (Å²) < 4.78 is 2.80. The molecule has 0 saturated heterocycles. The largest absolute Gasteiger partial charge is 0.319 e. The van der Waals surface area contributed by atoms with Crippen molar-refractivity contribution in [2.45, 2.75) is 12.6 Å². The number of nitrogens with zero attached hydrogens (tertiary/aromatic N) is 3. The third-order valence-electron chi connectivity index (χ3n) is 3.19. The Morgan fingerprint density at radius 2 is 2.05 bits per heavy atom. The maximum atomic E-state index is 6.38. The highest BCUT2D eigenvalue weighted by Gasteiger charge is 2.19. The van der Waals surface area contributed by atoms with Crippen LogP contribution < -0.4 is 5.73 Å². The van der Waals surface area contributed by atoms with Gasteiger partial charge in [-0.2, -0.15) is 5.10 Å². The fraction of sp³-hybridized carbons (Fsp3) is 0.357. The Hall–Kier alpha value is -0.590. The molecule has 0 aliphatic carbocycles. The van der Waals surface area contributed by atoms with Crippen LogP contribution in [0.15, 0.2) is 28.9 Å². The van der Waals surface area contributed by atoms with Gasteiger partial charge in [0, 0.05) is 6.54 Å². The van der Waals surface area contributed by atoms with Gasteiger partial charge in [-0.15, -0.1) is 0 Å². The van der Waals surface area contributed by atoms with E-state index in [2.05, 4.69) is 25.9 Å². The fourth-order valence-corrected chi connectivity index (χ4v) is 2.87. The molecule has 21 heavy (non-hydrogen) atoms. The number of hydrogen-bond donors (Lipinski definition) is 1. The minimum atomic E-state index is -0.321. The van der Waals surface area contributed by atoms with Crippen molar-refractivity contribution in [1.29, 1.82) is 0 Å². The van der Waals surface area contributed by atoms with Crippen LogP contribution in [0.25, 0.3) is 0 Å². The molecule has 1 heterocycles. The van der Waals surface area contributed by atoms with Gasteiger partial charge in [0.1, 0.15) is 0 Å². The number of aromatic nitrogens is 2. The minimum absolute atomic E-state index is 0.321. The molecule has 0 spiro atoms. The molecule has 0 aliphatic rings. The van der Waals surface area contributed by atoms with Gasteiger partial charge in [0.2, 0.25) is 0 Å². The zero-order valence-electron chi connectivity index (χ0n) is 11.9. The van der Waals surface area contributed by atoms with Crippen LogP contribution in [0.5, 0.6) is 0 Å². The Labute approximate surface area is 142 Å². The molecule has 7 heteroatoms. The van der Waals surface area contributed by atoms with Gasteiger partial charge in [-0.25, -0.2) is 0 Å². The van der Waals surface area contributed by atoms with Crippen LogP contribution in [0.2, 0.25) is 10.0 Å². The highest BCUT2D eigenvalue weighted by molar-refractivity contribution is 9.10. The highest BCUT2D eigenvalue weighted by atomic mass is 79.9. The molecule has 1 atom stereocenters. The number of benzene rings is 1. The lowest BCUT2D eigenvalue weighted by atomic mass is 10.0. The first-order valence-electron chi connectivity index (χ1n) is 6.46. The van der Waals surface area contributed by atoms with Gasteiger partial charge in [0.05, 0.1) is 39.0 Å². The molecule has 1 aromatic heterocycles. The fourth-order valence-electron chi connectivity index (χ4n) is 2.02. The standard InChI is InChI=1S/C14H17BrCl2N4/c1-20(2)5-6-21-14(10(15)8-19-21)13(18)9-3-4-11(16)12(17)7-9/h3-4,7-8,13H,5-6,18H2,1-2H3. The molecule has 2 rings (SSSR count). The second-order valence-corrected chi connectivity index (χ2v) is 6.72. The van der Waals surface area contributed by atoms with Crippen LogP contribution in [-0.4, -0.2) is 35.3 Å². The summed E-state index contributed by atoms with van der Waals surface area (Å²) in [5.41, 5.74) is 8.21. The topological polar surface area (TPSA) is 47.1 Å². The smallest absolute Gasteiger partial charge is 0.0739 e. The number of rotatable bonds is 5. The predicted molar refractivity (Wildman–Crippen MR) is 91.0 cm³/mol. The first kappa shape index (κ1) is 16.8. The van der Waals surface area contributed by atoms with Crippen molar-refractivity contribution in [1.82, 2.24) is 14.7 Å². The van der Waals surface area contributed by atoms with Crippen molar-refractivity contribution in [2.75, 3.05) is 20.6 Å². The lowest BCUT2D eigenvalue weighted by Crippen LogP contribution is -2.23. The Kier molecular flexibility index (Phi) is 5.68. The van der Waals surface area contributed by atoms with Gasteiger partial charge in [-0.1, -0.05) is 29.3 Å². The predicted octanol–water partition coefficient (Wildman–Crippen LogP) is 3.56. The zero-order valence-corrected chi connectivity index (χ0v) is 15.0. The molecule has 0 bridgehead atoms. The number of nitrogens with two attached hydrogens (primary N) is 1. The van der Waals surface area contributed by atoms with Crippen molar-refractivity contribution in [3.05, 3.63) is 50.2 Å². The normalized spacial score (nSPS) is 12.9. The van der Waals surface area contributed by atoms with Gasteiger partial charge in [0.15, 0.2) is 0 Å². The molecule has 0 saturated carbocycles. The van der Waals surface area contributed by atoms with E-state index < -0.39 is 0 Å². The molecule has 0 aliphatic heterocycles. The molecule has 114 valence electrons. The van der Waals surface area contributed by atoms with Crippen LogP contribution in [0.3, 0.4) is 0 Å². The molecule has 1 unspecified atom stereocenters. The number of hydrogen-bond acceptors (Lipinski definition) is 3. The average Bonchev–Trinajstić information content (AvgIpc) is 2.80. The van der Waals surface area contributed by atoms with E-state index in [0.29, 0.717) is 10.0 Å². The van der Waals surface area contributed by atoms with Crippen LogP contribution >= 0.6 is 39.1 Å². The van der Waals surface area contributed by atoms with Crippen molar-refractivity contribution < 1.29 is 0 Å². The van der Waals surface area contributed by atoms with Gasteiger partial charge in [-0.05, 0) is 47.7 Å². The van der Waals surface area contributed by atoms with Crippen LogP contribution in [0.1, 0.15) is 17.3 Å². The van der Waals surface area contributed by atoms with Crippen molar-refractivity contribution in [3.63, 3.8) is 0 Å². The molecule has 2 N–H and O–H groups in total. The third kappa shape index (κ3) is 3.99. The van der Waals surface area contributed by atoms with E-state index in [-0.39, 0.29) is 6.04 Å². The Morgan fingerprint density at radius 3 is 2.67 bits per heavy atom. The minimum Gasteiger partial charge on any atom is -0.319 e. The van der Waals surface area contributed by atoms with E-state index in [4.69, 9.17) is 28.9 Å². The van der Waals surface area contributed by atoms with Crippen molar-refractivity contribution in [3.8, 4) is 0 Å². The van der Waals surface area contributed by atoms with Crippen molar-refractivity contribution >= 4 is 39.1 Å². The summed E-state index contributed by atoms with van der Waals surface area (Å²) in [6, 6.07) is 5.12. The third-order valence-corrected chi connectivity index (χ3v) is 4.54. The van der Waals surface area contributed by atoms with Gasteiger partial charge >= 0.3 is 0 Å². The quantitative estimate of drug-likeness (QED) is 0.847. The lowest BCUT2D eigenvalue weighted by Gasteiger charge is -2.17. The van der Waals surface area contributed by atoms with E-state index in [1.165, 1.54) is 0 Å². The van der Waals surface area contributed by atoms with Crippen molar-refractivity contribution in [2.24, 2.45) is 5.73 Å². The summed E-state index contributed by atoms with van der Waals surface area (Å²) in [7, 11) is 4.05. The summed E-state index contributed by atoms with van der Waals surface area (Å²) in [5, 5.41) is 5.40. The van der Waals surface area contributed by atoms with Crippen LogP contribution in [0.4, 0.5) is 0 Å². The summed E-state index contributed by atoms with van der Waals surface area (Å²) in [6.07, 6.45) is 1.77. The first-order valence-corrected chi connectivity index (χ1v) is 8.01. The SMILES string of the molecule is CN(C)CCn1ncc(Br)c1C(N)c1ccc(Cl)c(Cl)c1. The van der Waals surface area contributed by atoms with E-state index in [9.17, 15) is 0 Å². The van der Waals surface area contributed by atoms with E-state index in [0.717, 1.165) is 28.8 Å². The molecule has 4 nitrogen and oxygen atoms in total. The monoisotopic (exact) mass is 390 g/mol. The van der Waals surface area contributed by atoms with E-state index in [1.807, 2.05) is 24.8 Å². The van der Waals surface area contributed by atoms with Gasteiger partial charge in [0.25, 0.3) is 0 Å². The van der Waals surface area contributed by atoms with Crippen LogP contribution in [0, 0.1) is 0 Å². The van der Waals surface area contributed by atoms with Gasteiger partial charge in [-0.3, -0.25) is 4.68 Å². The highest BCUT2D eigenvalue weighted by Crippen LogP contribution is 2.30. The lowest BCUT2D eigenvalue weighted by molar-refractivity contribution is 0.368. The zero-order chi connectivity index (χ0) is 15.6. The Morgan fingerprint density at radius 1 is 1.33 bits per heavy atom. The van der Waals surface area contributed by atoms with Crippen LogP contribution in [-0.2, 0) is 6.54 Å². The maximum Gasteiger partial charge on any atom is 0.0739 e. The molecule has 0 fully saturated rings. The number of likely N-dealkylation sites (N-methyl/N-ethyl adjacent to an activating group) is 1. The summed E-state index contributed by atoms with van der Waals surface area (Å²) in [6.45, 7) is 1.65. The molecular weight excluding hydrogens is 375 g/mol. The van der Waals surface area contributed by atoms with E-state index >= 15 is 0 Å². The Bertz CT molecular complexity index is 627.